The molecule has 8 heteroatoms. The van der Waals surface area contributed by atoms with Gasteiger partial charge in [-0.05, 0) is 91.8 Å². The molecule has 0 unspecified atom stereocenters. The van der Waals surface area contributed by atoms with E-state index in [4.69, 9.17) is 9.72 Å². The third kappa shape index (κ3) is 5.05. The summed E-state index contributed by atoms with van der Waals surface area (Å²) in [6.07, 6.45) is 7.81. The summed E-state index contributed by atoms with van der Waals surface area (Å²) in [5.41, 5.74) is 3.00. The van der Waals surface area contributed by atoms with Gasteiger partial charge in [0.05, 0.1) is 11.3 Å². The molecule has 4 aromatic rings. The number of halogens is 1. The zero-order valence-corrected chi connectivity index (χ0v) is 23.4. The van der Waals surface area contributed by atoms with Crippen LogP contribution in [0.5, 0.6) is 11.6 Å². The summed E-state index contributed by atoms with van der Waals surface area (Å²) in [5, 5.41) is 8.37. The Balaban J connectivity index is 1.19. The van der Waals surface area contributed by atoms with E-state index in [1.54, 1.807) is 18.5 Å². The maximum absolute atomic E-state index is 15.1. The summed E-state index contributed by atoms with van der Waals surface area (Å²) in [4.78, 5) is 26.8. The molecule has 7 nitrogen and oxygen atoms in total. The number of hydrogen-bond donors (Lipinski definition) is 2. The lowest BCUT2D eigenvalue weighted by atomic mass is 9.96. The minimum atomic E-state index is -0.353. The number of rotatable bonds is 8. The van der Waals surface area contributed by atoms with Crippen LogP contribution >= 0.6 is 0 Å². The fraction of sp³-hybridized carbons (Fsp3) is 0.394. The molecule has 2 aromatic heterocycles. The molecule has 7 rings (SSSR count). The van der Waals surface area contributed by atoms with E-state index < -0.39 is 0 Å². The van der Waals surface area contributed by atoms with Crippen LogP contribution in [0.15, 0.2) is 54.9 Å². The number of nitrogens with zero attached hydrogens (tertiary/aromatic N) is 3. The number of ether oxygens (including phenoxy) is 1. The van der Waals surface area contributed by atoms with Crippen LogP contribution in [0.4, 0.5) is 10.3 Å². The average molecular weight is 552 g/mol. The van der Waals surface area contributed by atoms with Gasteiger partial charge >= 0.3 is 0 Å². The van der Waals surface area contributed by atoms with Crippen LogP contribution in [0.1, 0.15) is 43.7 Å². The van der Waals surface area contributed by atoms with Crippen molar-refractivity contribution >= 4 is 22.5 Å². The molecule has 3 aliphatic rings. The van der Waals surface area contributed by atoms with Crippen molar-refractivity contribution < 1.29 is 13.9 Å². The Bertz CT molecular complexity index is 1650. The van der Waals surface area contributed by atoms with Crippen molar-refractivity contribution in [3.05, 3.63) is 71.8 Å². The third-order valence-electron chi connectivity index (χ3n) is 9.03. The highest BCUT2D eigenvalue weighted by atomic mass is 19.1. The first kappa shape index (κ1) is 26.0. The number of hydrogen-bond acceptors (Lipinski definition) is 7. The van der Waals surface area contributed by atoms with Crippen LogP contribution in [-0.4, -0.2) is 39.9 Å². The summed E-state index contributed by atoms with van der Waals surface area (Å²) >= 11 is 0. The van der Waals surface area contributed by atoms with Gasteiger partial charge < -0.3 is 15.4 Å². The number of pyridine rings is 1. The van der Waals surface area contributed by atoms with E-state index in [1.807, 2.05) is 37.3 Å². The summed E-state index contributed by atoms with van der Waals surface area (Å²) in [5.74, 6) is 2.03. The van der Waals surface area contributed by atoms with Gasteiger partial charge in [-0.1, -0.05) is 19.1 Å². The van der Waals surface area contributed by atoms with Gasteiger partial charge in [0.25, 0.3) is 0 Å². The largest absolute Gasteiger partial charge is 0.437 e. The number of fused-ring (bicyclic) bond motifs is 1. The first-order valence-corrected chi connectivity index (χ1v) is 14.6. The van der Waals surface area contributed by atoms with Gasteiger partial charge in [0, 0.05) is 48.3 Å². The number of anilines is 1. The zero-order valence-electron chi connectivity index (χ0n) is 23.4. The summed E-state index contributed by atoms with van der Waals surface area (Å²) in [7, 11) is 0. The van der Waals surface area contributed by atoms with Crippen molar-refractivity contribution in [3.8, 4) is 22.9 Å². The van der Waals surface area contributed by atoms with Gasteiger partial charge in [-0.3, -0.25) is 4.79 Å². The van der Waals surface area contributed by atoms with E-state index >= 15 is 4.39 Å². The second-order valence-corrected chi connectivity index (χ2v) is 12.2. The molecule has 2 N–H and O–H groups in total. The van der Waals surface area contributed by atoms with Crippen molar-refractivity contribution in [1.82, 2.24) is 20.3 Å². The molecule has 1 spiro atoms. The Morgan fingerprint density at radius 3 is 2.76 bits per heavy atom. The minimum Gasteiger partial charge on any atom is -0.437 e. The van der Waals surface area contributed by atoms with Gasteiger partial charge in [-0.15, -0.1) is 0 Å². The predicted molar refractivity (Wildman–Crippen MR) is 157 cm³/mol. The van der Waals surface area contributed by atoms with E-state index in [1.165, 1.54) is 6.07 Å². The summed E-state index contributed by atoms with van der Waals surface area (Å²) in [6.45, 7) is 6.08. The van der Waals surface area contributed by atoms with Gasteiger partial charge in [0.2, 0.25) is 11.8 Å². The smallest absolute Gasteiger partial charge is 0.228 e. The molecule has 3 fully saturated rings. The molecule has 2 saturated carbocycles. The second kappa shape index (κ2) is 10.2. The predicted octanol–water partition coefficient (Wildman–Crippen LogP) is 6.25. The molecule has 1 saturated heterocycles. The SMILES string of the molecule is Cc1ccc2c(CC(=O)[C@H]3CC34CC4)c(F)ccc2c1Oc1ncccc1-c1ccnc(N[C@@H]2CNC[C@H](C)C2)n1. The van der Waals surface area contributed by atoms with E-state index in [-0.39, 0.29) is 35.4 Å². The van der Waals surface area contributed by atoms with E-state index in [9.17, 15) is 4.79 Å². The molecular formula is C33H34FN5O2. The lowest BCUT2D eigenvalue weighted by molar-refractivity contribution is -0.120. The van der Waals surface area contributed by atoms with E-state index in [0.717, 1.165) is 55.3 Å². The molecule has 1 aliphatic heterocycles. The molecule has 2 aliphatic carbocycles. The highest BCUT2D eigenvalue weighted by molar-refractivity contribution is 5.97. The normalized spacial score (nSPS) is 22.5. The number of benzene rings is 2. The Hall–Kier alpha value is -3.91. The number of Topliss-reactive ketones (excluding diaryl/α,β-unsaturated/α-hetero) is 1. The molecule has 0 radical (unpaired) electrons. The fourth-order valence-electron chi connectivity index (χ4n) is 6.44. The van der Waals surface area contributed by atoms with Crippen molar-refractivity contribution in [2.75, 3.05) is 18.4 Å². The molecule has 2 aromatic carbocycles. The molecule has 0 bridgehead atoms. The molecule has 0 amide bonds. The van der Waals surface area contributed by atoms with Crippen LogP contribution in [0.25, 0.3) is 22.0 Å². The maximum Gasteiger partial charge on any atom is 0.228 e. The first-order valence-electron chi connectivity index (χ1n) is 14.6. The number of nitrogens with one attached hydrogen (secondary N) is 2. The highest BCUT2D eigenvalue weighted by Crippen LogP contribution is 2.71. The van der Waals surface area contributed by atoms with Gasteiger partial charge in [-0.25, -0.2) is 19.3 Å². The Labute approximate surface area is 239 Å². The van der Waals surface area contributed by atoms with Crippen LogP contribution < -0.4 is 15.4 Å². The average Bonchev–Trinajstić information content (AvgIpc) is 3.90. The zero-order chi connectivity index (χ0) is 28.1. The summed E-state index contributed by atoms with van der Waals surface area (Å²) < 4.78 is 21.6. The third-order valence-corrected chi connectivity index (χ3v) is 9.03. The number of piperidine rings is 1. The number of aromatic nitrogens is 3. The Kier molecular flexibility index (Phi) is 6.46. The van der Waals surface area contributed by atoms with Crippen LogP contribution in [0, 0.1) is 30.0 Å². The monoisotopic (exact) mass is 551 g/mol. The number of ketones is 1. The van der Waals surface area contributed by atoms with Gasteiger partial charge in [0.15, 0.2) is 0 Å². The molecule has 210 valence electrons. The number of carbonyl (C=O) groups excluding carboxylic acids is 1. The number of aryl methyl sites for hydroxylation is 1. The Morgan fingerprint density at radius 2 is 1.95 bits per heavy atom. The quantitative estimate of drug-likeness (QED) is 0.267. The lowest BCUT2D eigenvalue weighted by Crippen LogP contribution is -2.42. The Morgan fingerprint density at radius 1 is 1.10 bits per heavy atom. The van der Waals surface area contributed by atoms with Crippen molar-refractivity contribution in [2.45, 2.75) is 52.0 Å². The molecule has 41 heavy (non-hydrogen) atoms. The second-order valence-electron chi connectivity index (χ2n) is 12.2. The first-order chi connectivity index (χ1) is 19.9. The molecule has 3 atom stereocenters. The van der Waals surface area contributed by atoms with Crippen molar-refractivity contribution in [1.29, 1.82) is 0 Å². The standard InChI is InChI=1S/C33H34FN5O2/c1-19-14-21(18-35-17-19)38-32-37-13-9-28(39-32)24-4-3-12-36-31(24)41-30-20(2)5-6-22-23(30)7-8-27(34)25(22)15-29(40)26-16-33(26)10-11-33/h3-9,12-13,19,21,26,35H,10-11,14-18H2,1-2H3,(H,37,38,39)/t19-,21+,26-/m1/s1. The number of carbonyl (C=O) groups is 1. The van der Waals surface area contributed by atoms with E-state index in [2.05, 4.69) is 27.5 Å². The highest BCUT2D eigenvalue weighted by Gasteiger charge is 2.65. The fourth-order valence-corrected chi connectivity index (χ4v) is 6.44. The minimum absolute atomic E-state index is 0.0967. The molecule has 3 heterocycles. The lowest BCUT2D eigenvalue weighted by Gasteiger charge is -2.28. The van der Waals surface area contributed by atoms with Gasteiger partial charge in [-0.2, -0.15) is 0 Å². The van der Waals surface area contributed by atoms with Crippen LogP contribution in [0.2, 0.25) is 0 Å². The van der Waals surface area contributed by atoms with E-state index in [0.29, 0.717) is 40.1 Å². The topological polar surface area (TPSA) is 89.0 Å². The van der Waals surface area contributed by atoms with Crippen molar-refractivity contribution in [3.63, 3.8) is 0 Å². The van der Waals surface area contributed by atoms with Crippen LogP contribution in [-0.2, 0) is 11.2 Å². The molecular weight excluding hydrogens is 517 g/mol. The van der Waals surface area contributed by atoms with Crippen molar-refractivity contribution in [2.24, 2.45) is 17.3 Å². The van der Waals surface area contributed by atoms with Crippen LogP contribution in [0.3, 0.4) is 0 Å². The maximum atomic E-state index is 15.1. The van der Waals surface area contributed by atoms with Gasteiger partial charge in [0.1, 0.15) is 17.3 Å². The summed E-state index contributed by atoms with van der Waals surface area (Å²) in [6, 6.07) is 12.9.